The van der Waals surface area contributed by atoms with Gasteiger partial charge in [0.1, 0.15) is 6.10 Å². The zero-order valence-corrected chi connectivity index (χ0v) is 44.3. The maximum absolute atomic E-state index is 13.3. The van der Waals surface area contributed by atoms with Crippen LogP contribution in [0.3, 0.4) is 0 Å². The summed E-state index contributed by atoms with van der Waals surface area (Å²) in [5, 5.41) is 23.9. The Balaban J connectivity index is 4.55. The van der Waals surface area contributed by atoms with Crippen molar-refractivity contribution in [2.24, 2.45) is 0 Å². The summed E-state index contributed by atoms with van der Waals surface area (Å²) in [6, 6.07) is -0.715. The van der Waals surface area contributed by atoms with Gasteiger partial charge in [0, 0.05) is 6.42 Å². The number of carbonyl (C=O) groups is 2. The number of amides is 1. The molecule has 0 aliphatic carbocycles. The van der Waals surface area contributed by atoms with E-state index in [1.54, 1.807) is 0 Å². The molecule has 0 saturated heterocycles. The van der Waals surface area contributed by atoms with E-state index < -0.39 is 18.2 Å². The predicted octanol–water partition coefficient (Wildman–Crippen LogP) is 17.7. The average Bonchev–Trinajstić information content (AvgIpc) is 3.32. The number of rotatable bonds is 51. The molecular weight excluding hydrogens is 827 g/mol. The van der Waals surface area contributed by atoms with Crippen LogP contribution in [0, 0.1) is 0 Å². The van der Waals surface area contributed by atoms with Crippen molar-refractivity contribution in [2.45, 2.75) is 296 Å². The zero-order chi connectivity index (χ0) is 48.8. The van der Waals surface area contributed by atoms with Gasteiger partial charge in [-0.15, -0.1) is 0 Å². The largest absolute Gasteiger partial charge is 0.462 e. The van der Waals surface area contributed by atoms with Crippen LogP contribution < -0.4 is 5.32 Å². The predicted molar refractivity (Wildman–Crippen MR) is 291 cm³/mol. The normalized spacial score (nSPS) is 13.7. The van der Waals surface area contributed by atoms with Crippen molar-refractivity contribution in [2.75, 3.05) is 6.61 Å². The maximum Gasteiger partial charge on any atom is 0.306 e. The minimum Gasteiger partial charge on any atom is -0.462 e. The van der Waals surface area contributed by atoms with Crippen LogP contribution in [-0.2, 0) is 14.3 Å². The third-order valence-electron chi connectivity index (χ3n) is 12.8. The third kappa shape index (κ3) is 49.5. The lowest BCUT2D eigenvalue weighted by atomic mass is 10.0. The van der Waals surface area contributed by atoms with E-state index in [1.165, 1.54) is 128 Å². The number of esters is 1. The number of ether oxygens (including phenoxy) is 1. The lowest BCUT2D eigenvalue weighted by Crippen LogP contribution is -2.46. The molecule has 0 radical (unpaired) electrons. The van der Waals surface area contributed by atoms with Crippen LogP contribution in [0.5, 0.6) is 0 Å². The summed E-state index contributed by atoms with van der Waals surface area (Å²) in [6.07, 6.45) is 69.6. The molecule has 0 bridgehead atoms. The number of carbonyl (C=O) groups excluding carboxylic acids is 2. The van der Waals surface area contributed by atoms with Crippen molar-refractivity contribution in [1.82, 2.24) is 5.32 Å². The molecule has 0 rings (SSSR count). The summed E-state index contributed by atoms with van der Waals surface area (Å²) < 4.78 is 5.94. The van der Waals surface area contributed by atoms with Crippen molar-refractivity contribution in [3.8, 4) is 0 Å². The molecule has 67 heavy (non-hydrogen) atoms. The van der Waals surface area contributed by atoms with Crippen LogP contribution in [0.15, 0.2) is 72.9 Å². The van der Waals surface area contributed by atoms with E-state index in [-0.39, 0.29) is 24.9 Å². The quantitative estimate of drug-likeness (QED) is 0.0244. The smallest absolute Gasteiger partial charge is 0.306 e. The molecule has 6 heteroatoms. The Morgan fingerprint density at radius 2 is 0.866 bits per heavy atom. The Morgan fingerprint density at radius 1 is 0.463 bits per heavy atom. The number of aliphatic hydroxyl groups excluding tert-OH is 2. The Kier molecular flexibility index (Phi) is 52.1. The van der Waals surface area contributed by atoms with Crippen molar-refractivity contribution < 1.29 is 24.5 Å². The summed E-state index contributed by atoms with van der Waals surface area (Å²) in [5.74, 6) is -0.505. The molecule has 0 fully saturated rings. The number of allylic oxidation sites excluding steroid dienone is 12. The van der Waals surface area contributed by atoms with E-state index in [0.717, 1.165) is 103 Å². The van der Waals surface area contributed by atoms with Gasteiger partial charge in [-0.05, 0) is 83.5 Å². The molecular formula is C61H109NO5. The van der Waals surface area contributed by atoms with Gasteiger partial charge < -0.3 is 20.3 Å². The van der Waals surface area contributed by atoms with Gasteiger partial charge in [-0.1, -0.05) is 254 Å². The number of hydrogen-bond acceptors (Lipinski definition) is 5. The Morgan fingerprint density at radius 3 is 1.37 bits per heavy atom. The second-order valence-electron chi connectivity index (χ2n) is 19.4. The van der Waals surface area contributed by atoms with Gasteiger partial charge in [0.05, 0.1) is 25.2 Å². The molecule has 388 valence electrons. The molecule has 6 nitrogen and oxygen atoms in total. The SMILES string of the molecule is CC/C=C/C=C/C=C/CCCCCCCC(CC(=O)NC(CO)C(O)CCCCCCCCCCCCCCCCCC)OC(=O)CCCCCCCC/C=C\C/C=C\C/C=C\CCCCC. The van der Waals surface area contributed by atoms with Gasteiger partial charge in [-0.25, -0.2) is 0 Å². The van der Waals surface area contributed by atoms with Crippen LogP contribution in [0.25, 0.3) is 0 Å². The van der Waals surface area contributed by atoms with Crippen LogP contribution in [0.4, 0.5) is 0 Å². The first-order chi connectivity index (χ1) is 33.0. The van der Waals surface area contributed by atoms with Gasteiger partial charge >= 0.3 is 5.97 Å². The molecule has 0 aliphatic heterocycles. The highest BCUT2D eigenvalue weighted by atomic mass is 16.5. The molecule has 3 N–H and O–H groups in total. The Bertz CT molecular complexity index is 1230. The number of hydrogen-bond donors (Lipinski definition) is 3. The summed E-state index contributed by atoms with van der Waals surface area (Å²) in [6.45, 7) is 6.34. The number of nitrogens with one attached hydrogen (secondary N) is 1. The molecule has 0 aromatic carbocycles. The molecule has 3 atom stereocenters. The molecule has 0 aliphatic rings. The van der Waals surface area contributed by atoms with E-state index in [2.05, 4.69) is 99.0 Å². The maximum atomic E-state index is 13.3. The van der Waals surface area contributed by atoms with Crippen LogP contribution >= 0.6 is 0 Å². The fourth-order valence-electron chi connectivity index (χ4n) is 8.50. The topological polar surface area (TPSA) is 95.9 Å². The molecule has 0 aromatic heterocycles. The van der Waals surface area contributed by atoms with Crippen molar-refractivity contribution in [3.05, 3.63) is 72.9 Å². The highest BCUT2D eigenvalue weighted by Gasteiger charge is 2.24. The van der Waals surface area contributed by atoms with E-state index >= 15 is 0 Å². The molecule has 3 unspecified atom stereocenters. The van der Waals surface area contributed by atoms with Crippen LogP contribution in [0.2, 0.25) is 0 Å². The van der Waals surface area contributed by atoms with E-state index in [4.69, 9.17) is 4.74 Å². The summed E-state index contributed by atoms with van der Waals surface area (Å²) >= 11 is 0. The Hall–Kier alpha value is -2.70. The number of aliphatic hydroxyl groups is 2. The van der Waals surface area contributed by atoms with Gasteiger partial charge in [-0.3, -0.25) is 9.59 Å². The number of unbranched alkanes of at least 4 members (excludes halogenated alkanes) is 29. The second-order valence-corrected chi connectivity index (χ2v) is 19.4. The first kappa shape index (κ1) is 64.3. The molecule has 0 heterocycles. The van der Waals surface area contributed by atoms with Crippen LogP contribution in [-0.4, -0.2) is 46.9 Å². The molecule has 1 amide bonds. The molecule has 0 aromatic rings. The van der Waals surface area contributed by atoms with E-state index in [0.29, 0.717) is 19.3 Å². The van der Waals surface area contributed by atoms with Crippen molar-refractivity contribution in [3.63, 3.8) is 0 Å². The van der Waals surface area contributed by atoms with Gasteiger partial charge in [-0.2, -0.15) is 0 Å². The van der Waals surface area contributed by atoms with Gasteiger partial charge in [0.2, 0.25) is 5.91 Å². The van der Waals surface area contributed by atoms with Crippen molar-refractivity contribution >= 4 is 11.9 Å². The lowest BCUT2D eigenvalue weighted by Gasteiger charge is -2.24. The standard InChI is InChI=1S/C61H109NO5/c1-4-7-10-13-16-19-22-25-27-29-30-31-33-36-39-42-45-48-51-54-61(66)67-57(52-49-46-43-40-37-34-24-21-18-15-12-9-6-3)55-60(65)62-58(56-63)59(64)53-50-47-44-41-38-35-32-28-26-23-20-17-14-11-8-5-2/h9,12,15-16,18-19,21,24-25,27,30-31,57-59,63-64H,4-8,10-11,13-14,17,20,22-23,26,28-29,32-56H2,1-3H3,(H,62,65)/b12-9+,18-15+,19-16-,24-21+,27-25-,31-30-. The van der Waals surface area contributed by atoms with Crippen LogP contribution in [0.1, 0.15) is 278 Å². The molecule has 0 spiro atoms. The highest BCUT2D eigenvalue weighted by Crippen LogP contribution is 2.18. The van der Waals surface area contributed by atoms with E-state index in [9.17, 15) is 19.8 Å². The molecule has 0 saturated carbocycles. The minimum atomic E-state index is -0.799. The fraction of sp³-hybridized carbons (Fsp3) is 0.770. The first-order valence-electron chi connectivity index (χ1n) is 28.7. The lowest BCUT2D eigenvalue weighted by molar-refractivity contribution is -0.151. The fourth-order valence-corrected chi connectivity index (χ4v) is 8.50. The zero-order valence-electron chi connectivity index (χ0n) is 44.3. The Labute approximate surface area is 415 Å². The van der Waals surface area contributed by atoms with Crippen molar-refractivity contribution in [1.29, 1.82) is 0 Å². The second kappa shape index (κ2) is 54.2. The summed E-state index contributed by atoms with van der Waals surface area (Å²) in [4.78, 5) is 26.3. The van der Waals surface area contributed by atoms with Gasteiger partial charge in [0.25, 0.3) is 0 Å². The minimum absolute atomic E-state index is 0.0566. The highest BCUT2D eigenvalue weighted by molar-refractivity contribution is 5.77. The van der Waals surface area contributed by atoms with E-state index in [1.807, 2.05) is 0 Å². The first-order valence-corrected chi connectivity index (χ1v) is 28.7. The summed E-state index contributed by atoms with van der Waals surface area (Å²) in [7, 11) is 0. The monoisotopic (exact) mass is 936 g/mol. The summed E-state index contributed by atoms with van der Waals surface area (Å²) in [5.41, 5.74) is 0. The van der Waals surface area contributed by atoms with Gasteiger partial charge in [0.15, 0.2) is 0 Å². The average molecular weight is 937 g/mol. The third-order valence-corrected chi connectivity index (χ3v) is 12.8.